The molecule has 1 unspecified atom stereocenters. The van der Waals surface area contributed by atoms with E-state index in [0.717, 1.165) is 47.7 Å². The molecule has 1 atom stereocenters. The van der Waals surface area contributed by atoms with Crippen molar-refractivity contribution in [3.8, 4) is 0 Å². The monoisotopic (exact) mass is 401 g/mol. The summed E-state index contributed by atoms with van der Waals surface area (Å²) < 4.78 is 1.55. The van der Waals surface area contributed by atoms with Crippen molar-refractivity contribution in [3.63, 3.8) is 0 Å². The molecule has 1 N–H and O–H groups in total. The zero-order valence-electron chi connectivity index (χ0n) is 16.7. The molecular formula is C20H27N5O2S. The summed E-state index contributed by atoms with van der Waals surface area (Å²) in [5, 5.41) is 11.8. The number of carbonyl (C=O) groups excluding carboxylic acids is 1. The van der Waals surface area contributed by atoms with Crippen LogP contribution >= 0.6 is 11.8 Å². The van der Waals surface area contributed by atoms with Crippen LogP contribution in [0.1, 0.15) is 61.1 Å². The van der Waals surface area contributed by atoms with E-state index in [-0.39, 0.29) is 22.9 Å². The lowest BCUT2D eigenvalue weighted by atomic mass is 9.92. The average molecular weight is 402 g/mol. The predicted octanol–water partition coefficient (Wildman–Crippen LogP) is 2.36. The summed E-state index contributed by atoms with van der Waals surface area (Å²) in [5.74, 6) is 1.83. The molecule has 1 amide bonds. The minimum Gasteiger partial charge on any atom is -0.332 e. The van der Waals surface area contributed by atoms with Crippen molar-refractivity contribution < 1.29 is 4.79 Å². The Hall–Kier alpha value is -2.09. The summed E-state index contributed by atoms with van der Waals surface area (Å²) in [5.41, 5.74) is 3.31. The first-order valence-corrected chi connectivity index (χ1v) is 11.0. The number of nitrogens with zero attached hydrogens (tertiary/aromatic N) is 4. The first-order chi connectivity index (χ1) is 13.3. The molecule has 0 saturated carbocycles. The van der Waals surface area contributed by atoms with Crippen LogP contribution in [0.15, 0.2) is 16.9 Å². The molecule has 2 aliphatic heterocycles. The van der Waals surface area contributed by atoms with Crippen LogP contribution in [0.3, 0.4) is 0 Å². The number of H-pyrrole nitrogens is 1. The van der Waals surface area contributed by atoms with E-state index in [1.807, 2.05) is 22.7 Å². The number of aromatic amines is 1. The molecule has 0 aromatic carbocycles. The van der Waals surface area contributed by atoms with Crippen molar-refractivity contribution in [2.24, 2.45) is 0 Å². The van der Waals surface area contributed by atoms with Crippen LogP contribution in [-0.4, -0.2) is 49.1 Å². The van der Waals surface area contributed by atoms with Gasteiger partial charge in [0.05, 0.1) is 18.3 Å². The molecule has 4 heterocycles. The first kappa shape index (κ1) is 19.2. The van der Waals surface area contributed by atoms with E-state index in [4.69, 9.17) is 0 Å². The lowest BCUT2D eigenvalue weighted by molar-refractivity contribution is 0.0714. The van der Waals surface area contributed by atoms with Gasteiger partial charge in [-0.25, -0.2) is 4.68 Å². The first-order valence-electron chi connectivity index (χ1n) is 9.87. The van der Waals surface area contributed by atoms with E-state index >= 15 is 0 Å². The molecule has 1 fully saturated rings. The minimum atomic E-state index is -0.0887. The van der Waals surface area contributed by atoms with Crippen LogP contribution in [-0.2, 0) is 24.1 Å². The van der Waals surface area contributed by atoms with Crippen molar-refractivity contribution in [1.82, 2.24) is 24.9 Å². The van der Waals surface area contributed by atoms with Crippen molar-refractivity contribution >= 4 is 17.7 Å². The highest BCUT2D eigenvalue weighted by molar-refractivity contribution is 7.98. The topological polar surface area (TPSA) is 83.9 Å². The molecule has 1 saturated heterocycles. The third-order valence-corrected chi connectivity index (χ3v) is 6.54. The number of amides is 1. The Kier molecular flexibility index (Phi) is 5.07. The van der Waals surface area contributed by atoms with E-state index in [1.165, 1.54) is 0 Å². The highest BCUT2D eigenvalue weighted by atomic mass is 32.2. The van der Waals surface area contributed by atoms with E-state index < -0.39 is 0 Å². The summed E-state index contributed by atoms with van der Waals surface area (Å²) in [4.78, 5) is 27.4. The van der Waals surface area contributed by atoms with Gasteiger partial charge in [-0.1, -0.05) is 20.8 Å². The smallest absolute Gasteiger partial charge is 0.274 e. The van der Waals surface area contributed by atoms with Gasteiger partial charge in [-0.2, -0.15) is 22.0 Å². The molecule has 2 aromatic heterocycles. The second kappa shape index (κ2) is 7.39. The molecule has 4 rings (SSSR count). The second-order valence-electron chi connectivity index (χ2n) is 8.65. The Labute approximate surface area is 168 Å². The largest absolute Gasteiger partial charge is 0.332 e. The Morgan fingerprint density at radius 3 is 2.93 bits per heavy atom. The zero-order valence-corrected chi connectivity index (χ0v) is 17.5. The highest BCUT2D eigenvalue weighted by Crippen LogP contribution is 2.25. The van der Waals surface area contributed by atoms with Crippen molar-refractivity contribution in [1.29, 1.82) is 0 Å². The number of nitrogens with one attached hydrogen (secondary N) is 1. The fourth-order valence-electron chi connectivity index (χ4n) is 3.84. The van der Waals surface area contributed by atoms with Crippen LogP contribution in [0, 0.1) is 0 Å². The van der Waals surface area contributed by atoms with Crippen LogP contribution < -0.4 is 5.56 Å². The molecule has 7 nitrogen and oxygen atoms in total. The van der Waals surface area contributed by atoms with Crippen molar-refractivity contribution in [2.75, 3.05) is 12.3 Å². The molecule has 28 heavy (non-hydrogen) atoms. The van der Waals surface area contributed by atoms with Gasteiger partial charge in [0.2, 0.25) is 0 Å². The van der Waals surface area contributed by atoms with E-state index in [0.29, 0.717) is 18.8 Å². The molecule has 2 aromatic rings. The fourth-order valence-corrected chi connectivity index (χ4v) is 4.79. The van der Waals surface area contributed by atoms with Gasteiger partial charge in [0.15, 0.2) is 0 Å². The third-order valence-electron chi connectivity index (χ3n) is 5.53. The quantitative estimate of drug-likeness (QED) is 0.854. The second-order valence-corrected chi connectivity index (χ2v) is 9.76. The maximum absolute atomic E-state index is 13.0. The predicted molar refractivity (Wildman–Crippen MR) is 110 cm³/mol. The summed E-state index contributed by atoms with van der Waals surface area (Å²) in [6, 6.07) is 3.54. The minimum absolute atomic E-state index is 0.0245. The van der Waals surface area contributed by atoms with Gasteiger partial charge in [-0.15, -0.1) is 0 Å². The molecule has 150 valence electrons. The van der Waals surface area contributed by atoms with Crippen molar-refractivity contribution in [3.05, 3.63) is 45.1 Å². The Bertz CT molecular complexity index is 943. The highest BCUT2D eigenvalue weighted by Gasteiger charge is 2.32. The van der Waals surface area contributed by atoms with E-state index in [2.05, 4.69) is 36.1 Å². The summed E-state index contributed by atoms with van der Waals surface area (Å²) in [6.07, 6.45) is 2.71. The molecule has 0 aliphatic carbocycles. The lowest BCUT2D eigenvalue weighted by Crippen LogP contribution is -2.41. The van der Waals surface area contributed by atoms with Gasteiger partial charge in [-0.3, -0.25) is 14.7 Å². The number of hydrogen-bond donors (Lipinski definition) is 1. The Morgan fingerprint density at radius 1 is 1.36 bits per heavy atom. The molecule has 8 heteroatoms. The molecule has 0 spiro atoms. The molecule has 0 radical (unpaired) electrons. The number of carbonyl (C=O) groups is 1. The maximum Gasteiger partial charge on any atom is 0.274 e. The van der Waals surface area contributed by atoms with Gasteiger partial charge in [0, 0.05) is 35.9 Å². The molecular weight excluding hydrogens is 374 g/mol. The molecule has 0 bridgehead atoms. The summed E-state index contributed by atoms with van der Waals surface area (Å²) in [6.45, 7) is 7.39. The van der Waals surface area contributed by atoms with Crippen LogP contribution in [0.25, 0.3) is 0 Å². The summed E-state index contributed by atoms with van der Waals surface area (Å²) >= 11 is 1.84. The average Bonchev–Trinajstić information content (AvgIpc) is 3.31. The number of fused-ring (bicyclic) bond motifs is 1. The normalized spacial score (nSPS) is 19.7. The SMILES string of the molecule is CC(C)(C)c1cc(C(=O)N2CCCC2Cn2nc3c(cc2=O)CSCC3)n[nH]1. The lowest BCUT2D eigenvalue weighted by Gasteiger charge is -2.25. The number of thioether (sulfide) groups is 1. The van der Waals surface area contributed by atoms with Gasteiger partial charge in [0.25, 0.3) is 11.5 Å². The fraction of sp³-hybridized carbons (Fsp3) is 0.600. The third kappa shape index (κ3) is 3.74. The van der Waals surface area contributed by atoms with Crippen LogP contribution in [0.4, 0.5) is 0 Å². The molecule has 2 aliphatic rings. The van der Waals surface area contributed by atoms with Gasteiger partial charge in [0.1, 0.15) is 5.69 Å². The van der Waals surface area contributed by atoms with Crippen molar-refractivity contribution in [2.45, 2.75) is 63.8 Å². The number of aryl methyl sites for hydroxylation is 1. The number of rotatable bonds is 3. The Morgan fingerprint density at radius 2 is 2.18 bits per heavy atom. The van der Waals surface area contributed by atoms with E-state index in [9.17, 15) is 9.59 Å². The summed E-state index contributed by atoms with van der Waals surface area (Å²) in [7, 11) is 0. The van der Waals surface area contributed by atoms with E-state index in [1.54, 1.807) is 10.7 Å². The van der Waals surface area contributed by atoms with Gasteiger partial charge >= 0.3 is 0 Å². The Balaban J connectivity index is 1.53. The standard InChI is InChI=1S/C20H27N5O2S/c1-20(2,3)17-10-16(21-22-17)19(27)24-7-4-5-14(24)11-25-18(26)9-13-12-28-8-6-15(13)23-25/h9-10,14H,4-8,11-12H2,1-3H3,(H,21,22). The van der Waals surface area contributed by atoms with Crippen LogP contribution in [0.2, 0.25) is 0 Å². The van der Waals surface area contributed by atoms with Gasteiger partial charge < -0.3 is 4.90 Å². The number of aromatic nitrogens is 4. The number of likely N-dealkylation sites (tertiary alicyclic amines) is 1. The van der Waals surface area contributed by atoms with Crippen LogP contribution in [0.5, 0.6) is 0 Å². The number of hydrogen-bond acceptors (Lipinski definition) is 5. The van der Waals surface area contributed by atoms with Gasteiger partial charge in [-0.05, 0) is 30.2 Å². The zero-order chi connectivity index (χ0) is 19.9. The maximum atomic E-state index is 13.0.